The molecule has 2 unspecified atom stereocenters. The van der Waals surface area contributed by atoms with E-state index >= 15 is 0 Å². The Kier molecular flexibility index (Phi) is 4.81. The van der Waals surface area contributed by atoms with Gasteiger partial charge in [0.25, 0.3) is 0 Å². The van der Waals surface area contributed by atoms with E-state index in [0.717, 1.165) is 60.6 Å². The van der Waals surface area contributed by atoms with Crippen molar-refractivity contribution >= 4 is 23.4 Å². The minimum absolute atomic E-state index is 0.0216. The van der Waals surface area contributed by atoms with Crippen LogP contribution in [0.4, 0.5) is 8.78 Å². The number of thiazole rings is 1. The van der Waals surface area contributed by atoms with Gasteiger partial charge in [-0.2, -0.15) is 8.78 Å². The van der Waals surface area contributed by atoms with Gasteiger partial charge in [0.15, 0.2) is 10.8 Å². The molecule has 1 saturated heterocycles. The maximum atomic E-state index is 12.6. The van der Waals surface area contributed by atoms with E-state index in [1.54, 1.807) is 6.20 Å². The van der Waals surface area contributed by atoms with Crippen molar-refractivity contribution in [1.82, 2.24) is 15.2 Å². The lowest BCUT2D eigenvalue weighted by Gasteiger charge is -2.30. The van der Waals surface area contributed by atoms with Crippen LogP contribution in [-0.2, 0) is 0 Å². The van der Waals surface area contributed by atoms with Crippen LogP contribution >= 0.6 is 11.3 Å². The molecule has 0 amide bonds. The van der Waals surface area contributed by atoms with Crippen molar-refractivity contribution in [3.63, 3.8) is 0 Å². The maximum Gasteiger partial charge on any atom is 0.312 e. The van der Waals surface area contributed by atoms with Crippen LogP contribution in [0.1, 0.15) is 30.7 Å². The molecule has 3 aliphatic rings. The Morgan fingerprint density at radius 1 is 1.52 bits per heavy atom. The number of nitrogens with two attached hydrogens (primary N) is 1. The molecule has 27 heavy (non-hydrogen) atoms. The van der Waals surface area contributed by atoms with E-state index < -0.39 is 6.55 Å². The molecular weight excluding hydrogens is 370 g/mol. The molecule has 4 rings (SSSR count). The lowest BCUT2D eigenvalue weighted by Crippen LogP contribution is -2.41. The fraction of sp³-hybridized carbons (Fsp3) is 0.500. The fourth-order valence-electron chi connectivity index (χ4n) is 4.42. The summed E-state index contributed by atoms with van der Waals surface area (Å²) in [5.41, 5.74) is 8.74. The summed E-state index contributed by atoms with van der Waals surface area (Å²) in [5, 5.41) is 12.5. The number of alkyl halides is 2. The third kappa shape index (κ3) is 3.19. The highest BCUT2D eigenvalue weighted by molar-refractivity contribution is 7.11. The molecule has 2 fully saturated rings. The minimum atomic E-state index is -2.67. The van der Waals surface area contributed by atoms with E-state index in [9.17, 15) is 8.78 Å². The van der Waals surface area contributed by atoms with Crippen molar-refractivity contribution in [2.75, 3.05) is 13.1 Å². The highest BCUT2D eigenvalue weighted by atomic mass is 32.1. The van der Waals surface area contributed by atoms with Gasteiger partial charge in [-0.05, 0) is 19.3 Å². The standard InChI is InChI=1S/C18H22F2N6S/c19-17(20)25-8-11(7-21)12-9-24-15(16-23-4-5-27-16)26-10-18(6-13(12)26)3-1-2-14(18)22/h4-5,7-8,14,17,21,25H,1-3,6,9-10,22H2/b11-8+,21-7?. The lowest BCUT2D eigenvalue weighted by atomic mass is 9.81. The summed E-state index contributed by atoms with van der Waals surface area (Å²) < 4.78 is 25.2. The molecule has 144 valence electrons. The van der Waals surface area contributed by atoms with E-state index in [2.05, 4.69) is 9.88 Å². The first-order valence-electron chi connectivity index (χ1n) is 8.99. The first kappa shape index (κ1) is 18.2. The van der Waals surface area contributed by atoms with Crippen molar-refractivity contribution in [3.05, 3.63) is 39.6 Å². The quantitative estimate of drug-likeness (QED) is 0.531. The van der Waals surface area contributed by atoms with Gasteiger partial charge in [-0.3, -0.25) is 4.99 Å². The fourth-order valence-corrected chi connectivity index (χ4v) is 5.08. The number of hydrogen-bond acceptors (Lipinski definition) is 7. The number of fused-ring (bicyclic) bond motifs is 1. The van der Waals surface area contributed by atoms with E-state index in [-0.39, 0.29) is 11.5 Å². The summed E-state index contributed by atoms with van der Waals surface area (Å²) in [6.45, 7) is -1.56. The molecule has 6 nitrogen and oxygen atoms in total. The number of amidine groups is 1. The van der Waals surface area contributed by atoms with Crippen molar-refractivity contribution < 1.29 is 8.78 Å². The van der Waals surface area contributed by atoms with Gasteiger partial charge in [-0.1, -0.05) is 6.42 Å². The molecule has 0 radical (unpaired) electrons. The summed E-state index contributed by atoms with van der Waals surface area (Å²) >= 11 is 1.53. The summed E-state index contributed by atoms with van der Waals surface area (Å²) in [7, 11) is 0. The van der Waals surface area contributed by atoms with Gasteiger partial charge >= 0.3 is 6.55 Å². The highest BCUT2D eigenvalue weighted by Gasteiger charge is 2.50. The average molecular weight is 392 g/mol. The molecular formula is C18H22F2N6S. The molecule has 9 heteroatoms. The predicted molar refractivity (Wildman–Crippen MR) is 102 cm³/mol. The van der Waals surface area contributed by atoms with Crippen LogP contribution in [0.25, 0.3) is 0 Å². The van der Waals surface area contributed by atoms with Gasteiger partial charge in [0.05, 0.1) is 6.54 Å². The lowest BCUT2D eigenvalue weighted by molar-refractivity contribution is 0.125. The second-order valence-corrected chi connectivity index (χ2v) is 8.13. The molecule has 2 aliphatic heterocycles. The summed E-state index contributed by atoms with van der Waals surface area (Å²) in [6.07, 6.45) is 8.01. The topological polar surface area (TPSA) is 90.4 Å². The maximum absolute atomic E-state index is 12.6. The van der Waals surface area contributed by atoms with Gasteiger partial charge in [-0.15, -0.1) is 11.3 Å². The predicted octanol–water partition coefficient (Wildman–Crippen LogP) is 2.71. The van der Waals surface area contributed by atoms with Crippen molar-refractivity contribution in [2.24, 2.45) is 16.1 Å². The smallest absolute Gasteiger partial charge is 0.312 e. The number of aliphatic imine (C=N–C) groups is 1. The van der Waals surface area contributed by atoms with Crippen molar-refractivity contribution in [1.29, 1.82) is 5.41 Å². The van der Waals surface area contributed by atoms with E-state index in [1.165, 1.54) is 17.5 Å². The third-order valence-corrected chi connectivity index (χ3v) is 6.55. The molecule has 3 heterocycles. The Labute approximate surface area is 160 Å². The van der Waals surface area contributed by atoms with Gasteiger partial charge in [-0.25, -0.2) is 4.98 Å². The number of halogens is 2. The van der Waals surface area contributed by atoms with Crippen molar-refractivity contribution in [2.45, 2.75) is 38.3 Å². The largest absolute Gasteiger partial charge is 0.336 e. The summed E-state index contributed by atoms with van der Waals surface area (Å²) in [4.78, 5) is 11.3. The Bertz CT molecular complexity index is 816. The Balaban J connectivity index is 1.75. The van der Waals surface area contributed by atoms with Crippen LogP contribution in [0.15, 0.2) is 39.6 Å². The number of allylic oxidation sites excluding steroid dienone is 1. The Hall–Kier alpha value is -2.13. The third-order valence-electron chi connectivity index (χ3n) is 5.78. The molecule has 0 aromatic carbocycles. The Morgan fingerprint density at radius 2 is 2.37 bits per heavy atom. The monoisotopic (exact) mass is 392 g/mol. The summed E-state index contributed by atoms with van der Waals surface area (Å²) in [6, 6.07) is 0.112. The SMILES string of the molecule is N=C/C(=C\NC(F)F)C1=C2CC3(CCCC3N)CN2C(c2nccs2)=NC1. The second kappa shape index (κ2) is 7.12. The molecule has 1 aromatic rings. The van der Waals surface area contributed by atoms with Crippen LogP contribution < -0.4 is 11.1 Å². The zero-order valence-electron chi connectivity index (χ0n) is 14.8. The number of hydrogen-bond donors (Lipinski definition) is 3. The Morgan fingerprint density at radius 3 is 3.00 bits per heavy atom. The van der Waals surface area contributed by atoms with E-state index in [4.69, 9.17) is 16.1 Å². The number of nitrogens with zero attached hydrogens (tertiary/aromatic N) is 3. The molecule has 2 atom stereocenters. The molecule has 1 saturated carbocycles. The number of nitrogens with one attached hydrogen (secondary N) is 2. The van der Waals surface area contributed by atoms with E-state index in [0.29, 0.717) is 12.1 Å². The van der Waals surface area contributed by atoms with Crippen LogP contribution in [0.3, 0.4) is 0 Å². The second-order valence-electron chi connectivity index (χ2n) is 7.24. The minimum Gasteiger partial charge on any atom is -0.336 e. The molecule has 4 N–H and O–H groups in total. The van der Waals surface area contributed by atoms with E-state index in [1.807, 2.05) is 10.7 Å². The molecule has 0 bridgehead atoms. The molecule has 1 aromatic heterocycles. The average Bonchev–Trinajstić information content (AvgIpc) is 3.37. The molecule has 1 spiro atoms. The zero-order chi connectivity index (χ0) is 19.0. The van der Waals surface area contributed by atoms with Crippen molar-refractivity contribution in [3.8, 4) is 0 Å². The molecule has 1 aliphatic carbocycles. The van der Waals surface area contributed by atoms with Gasteiger partial charge in [0, 0.05) is 58.8 Å². The first-order chi connectivity index (χ1) is 13.0. The van der Waals surface area contributed by atoms with Gasteiger partial charge in [0.1, 0.15) is 0 Å². The first-order valence-corrected chi connectivity index (χ1v) is 9.87. The number of aromatic nitrogens is 1. The normalized spacial score (nSPS) is 28.1. The summed E-state index contributed by atoms with van der Waals surface area (Å²) in [5.74, 6) is 0.825. The van der Waals surface area contributed by atoms with Gasteiger partial charge in [0.2, 0.25) is 0 Å². The van der Waals surface area contributed by atoms with Crippen LogP contribution in [0.5, 0.6) is 0 Å². The van der Waals surface area contributed by atoms with Crippen LogP contribution in [0.2, 0.25) is 0 Å². The van der Waals surface area contributed by atoms with Crippen LogP contribution in [-0.4, -0.2) is 47.6 Å². The number of rotatable bonds is 5. The van der Waals surface area contributed by atoms with Gasteiger partial charge < -0.3 is 21.4 Å². The highest BCUT2D eigenvalue weighted by Crippen LogP contribution is 2.51. The van der Waals surface area contributed by atoms with Crippen LogP contribution in [0, 0.1) is 10.8 Å². The zero-order valence-corrected chi connectivity index (χ0v) is 15.6.